The summed E-state index contributed by atoms with van der Waals surface area (Å²) in [7, 11) is 0. The lowest BCUT2D eigenvalue weighted by Gasteiger charge is -2.15. The Balaban J connectivity index is 2.36. The number of benzene rings is 1. The fraction of sp³-hybridized carbons (Fsp3) is 0.571. The molecule has 0 nitrogen and oxygen atoms in total. The van der Waals surface area contributed by atoms with E-state index in [9.17, 15) is 0 Å². The molecule has 2 unspecified atom stereocenters. The van der Waals surface area contributed by atoms with Gasteiger partial charge in [0.25, 0.3) is 0 Å². The van der Waals surface area contributed by atoms with Gasteiger partial charge in [-0.25, -0.2) is 0 Å². The minimum absolute atomic E-state index is 0.266. The Morgan fingerprint density at radius 1 is 1.13 bits per heavy atom. The van der Waals surface area contributed by atoms with Crippen LogP contribution >= 0.6 is 11.6 Å². The lowest BCUT2D eigenvalue weighted by Crippen LogP contribution is -2.09. The van der Waals surface area contributed by atoms with Crippen LogP contribution in [-0.4, -0.2) is 5.88 Å². The van der Waals surface area contributed by atoms with Gasteiger partial charge in [-0.1, -0.05) is 50.6 Å². The van der Waals surface area contributed by atoms with E-state index in [2.05, 4.69) is 52.0 Å². The van der Waals surface area contributed by atoms with Gasteiger partial charge in [-0.05, 0) is 23.8 Å². The Morgan fingerprint density at radius 3 is 2.07 bits per heavy atom. The Labute approximate surface area is 97.6 Å². The number of aryl methyl sites for hydroxylation is 1. The van der Waals surface area contributed by atoms with Crippen molar-refractivity contribution in [2.75, 3.05) is 5.88 Å². The molecule has 0 bridgehead atoms. The van der Waals surface area contributed by atoms with Crippen molar-refractivity contribution in [3.8, 4) is 0 Å². The van der Waals surface area contributed by atoms with Crippen molar-refractivity contribution in [3.05, 3.63) is 35.4 Å². The van der Waals surface area contributed by atoms with E-state index in [1.165, 1.54) is 11.1 Å². The SMILES string of the molecule is Cc1ccc(C2(C)C(CCl)C2(C)C)cc1. The van der Waals surface area contributed by atoms with E-state index in [-0.39, 0.29) is 5.41 Å². The summed E-state index contributed by atoms with van der Waals surface area (Å²) in [5, 5.41) is 0. The van der Waals surface area contributed by atoms with Gasteiger partial charge < -0.3 is 0 Å². The first-order chi connectivity index (χ1) is 6.94. The maximum atomic E-state index is 6.05. The summed E-state index contributed by atoms with van der Waals surface area (Å²) in [6.07, 6.45) is 0. The van der Waals surface area contributed by atoms with E-state index in [0.29, 0.717) is 11.3 Å². The molecule has 1 aromatic carbocycles. The molecule has 0 aliphatic heterocycles. The zero-order valence-corrected chi connectivity index (χ0v) is 10.7. The third kappa shape index (κ3) is 1.34. The first kappa shape index (κ1) is 11.0. The highest BCUT2D eigenvalue weighted by Crippen LogP contribution is 2.69. The van der Waals surface area contributed by atoms with Crippen LogP contribution in [0.25, 0.3) is 0 Å². The molecule has 1 aromatic rings. The second-order valence-corrected chi connectivity index (χ2v) is 5.81. The van der Waals surface area contributed by atoms with Gasteiger partial charge in [-0.2, -0.15) is 0 Å². The quantitative estimate of drug-likeness (QED) is 0.660. The fourth-order valence-electron chi connectivity index (χ4n) is 2.92. The van der Waals surface area contributed by atoms with Crippen LogP contribution in [0, 0.1) is 18.3 Å². The molecule has 0 heterocycles. The monoisotopic (exact) mass is 222 g/mol. The zero-order chi connectivity index (χ0) is 11.3. The minimum Gasteiger partial charge on any atom is -0.126 e. The van der Waals surface area contributed by atoms with E-state index in [4.69, 9.17) is 11.6 Å². The number of alkyl halides is 1. The molecule has 1 aliphatic rings. The fourth-order valence-corrected chi connectivity index (χ4v) is 3.62. The van der Waals surface area contributed by atoms with E-state index in [0.717, 1.165) is 5.88 Å². The molecule has 0 spiro atoms. The number of rotatable bonds is 2. The summed E-state index contributed by atoms with van der Waals surface area (Å²) in [5.74, 6) is 1.37. The van der Waals surface area contributed by atoms with Gasteiger partial charge in [0, 0.05) is 11.3 Å². The Hall–Kier alpha value is -0.490. The number of hydrogen-bond donors (Lipinski definition) is 0. The van der Waals surface area contributed by atoms with Crippen LogP contribution in [0.5, 0.6) is 0 Å². The molecule has 1 fully saturated rings. The summed E-state index contributed by atoms with van der Waals surface area (Å²) in [5.41, 5.74) is 3.36. The second kappa shape index (κ2) is 3.25. The molecule has 2 rings (SSSR count). The highest BCUT2D eigenvalue weighted by Gasteiger charge is 2.67. The van der Waals surface area contributed by atoms with Crippen molar-refractivity contribution < 1.29 is 0 Å². The van der Waals surface area contributed by atoms with Crippen LogP contribution in [0.15, 0.2) is 24.3 Å². The van der Waals surface area contributed by atoms with Crippen molar-refractivity contribution in [2.45, 2.75) is 33.1 Å². The molecule has 1 heteroatoms. The van der Waals surface area contributed by atoms with Crippen LogP contribution in [-0.2, 0) is 5.41 Å². The largest absolute Gasteiger partial charge is 0.126 e. The molecule has 82 valence electrons. The lowest BCUT2D eigenvalue weighted by molar-refractivity contribution is 0.522. The highest BCUT2D eigenvalue weighted by atomic mass is 35.5. The normalized spacial score (nSPS) is 32.7. The predicted molar refractivity (Wildman–Crippen MR) is 66.5 cm³/mol. The summed E-state index contributed by atoms with van der Waals surface area (Å²) in [6, 6.07) is 8.90. The van der Waals surface area contributed by atoms with Gasteiger partial charge in [0.1, 0.15) is 0 Å². The van der Waals surface area contributed by atoms with Crippen molar-refractivity contribution in [2.24, 2.45) is 11.3 Å². The van der Waals surface area contributed by atoms with E-state index >= 15 is 0 Å². The average molecular weight is 223 g/mol. The van der Waals surface area contributed by atoms with Crippen LogP contribution < -0.4 is 0 Å². The van der Waals surface area contributed by atoms with Gasteiger partial charge in [0.15, 0.2) is 0 Å². The highest BCUT2D eigenvalue weighted by molar-refractivity contribution is 6.18. The molecule has 2 atom stereocenters. The molecular weight excluding hydrogens is 204 g/mol. The average Bonchev–Trinajstić information content (AvgIpc) is 2.62. The van der Waals surface area contributed by atoms with Crippen molar-refractivity contribution >= 4 is 11.6 Å². The molecule has 0 aromatic heterocycles. The molecule has 0 amide bonds. The topological polar surface area (TPSA) is 0 Å². The van der Waals surface area contributed by atoms with Crippen LogP contribution in [0.4, 0.5) is 0 Å². The molecule has 1 aliphatic carbocycles. The number of hydrogen-bond acceptors (Lipinski definition) is 0. The Kier molecular flexibility index (Phi) is 2.38. The van der Waals surface area contributed by atoms with Gasteiger partial charge in [-0.3, -0.25) is 0 Å². The smallest absolute Gasteiger partial charge is 0.0265 e. The maximum absolute atomic E-state index is 6.05. The van der Waals surface area contributed by atoms with E-state index < -0.39 is 0 Å². The minimum atomic E-state index is 0.266. The molecule has 0 saturated heterocycles. The zero-order valence-electron chi connectivity index (χ0n) is 9.97. The summed E-state index contributed by atoms with van der Waals surface area (Å²) < 4.78 is 0. The van der Waals surface area contributed by atoms with E-state index in [1.807, 2.05) is 0 Å². The summed E-state index contributed by atoms with van der Waals surface area (Å²) in [4.78, 5) is 0. The lowest BCUT2D eigenvalue weighted by atomic mass is 9.89. The van der Waals surface area contributed by atoms with Crippen molar-refractivity contribution in [1.82, 2.24) is 0 Å². The Bertz CT molecular complexity index is 363. The van der Waals surface area contributed by atoms with Crippen LogP contribution in [0.2, 0.25) is 0 Å². The summed E-state index contributed by atoms with van der Waals surface area (Å²) in [6.45, 7) is 9.10. The molecule has 15 heavy (non-hydrogen) atoms. The first-order valence-corrected chi connectivity index (χ1v) is 6.11. The van der Waals surface area contributed by atoms with Crippen molar-refractivity contribution in [3.63, 3.8) is 0 Å². The first-order valence-electron chi connectivity index (χ1n) is 5.57. The van der Waals surface area contributed by atoms with E-state index in [1.54, 1.807) is 0 Å². The Morgan fingerprint density at radius 2 is 1.67 bits per heavy atom. The van der Waals surface area contributed by atoms with Crippen molar-refractivity contribution in [1.29, 1.82) is 0 Å². The molecule has 0 N–H and O–H groups in total. The van der Waals surface area contributed by atoms with Gasteiger partial charge in [0.05, 0.1) is 0 Å². The molecule has 1 saturated carbocycles. The predicted octanol–water partition coefficient (Wildman–Crippen LogP) is 4.15. The summed E-state index contributed by atoms with van der Waals surface area (Å²) >= 11 is 6.05. The maximum Gasteiger partial charge on any atom is 0.0265 e. The molecular formula is C14H19Cl. The van der Waals surface area contributed by atoms with Crippen LogP contribution in [0.1, 0.15) is 31.9 Å². The molecule has 0 radical (unpaired) electrons. The van der Waals surface area contributed by atoms with Gasteiger partial charge in [0.2, 0.25) is 0 Å². The van der Waals surface area contributed by atoms with Gasteiger partial charge in [-0.15, -0.1) is 11.6 Å². The standard InChI is InChI=1S/C14H19Cl/c1-10-5-7-11(8-6-10)14(4)12(9-15)13(14,2)3/h5-8,12H,9H2,1-4H3. The second-order valence-electron chi connectivity index (χ2n) is 5.50. The van der Waals surface area contributed by atoms with Crippen LogP contribution in [0.3, 0.4) is 0 Å². The number of halogens is 1. The third-order valence-corrected chi connectivity index (χ3v) is 4.94. The third-order valence-electron chi connectivity index (χ3n) is 4.63. The van der Waals surface area contributed by atoms with Gasteiger partial charge >= 0.3 is 0 Å².